The summed E-state index contributed by atoms with van der Waals surface area (Å²) >= 11 is 3.25. The molecule has 0 radical (unpaired) electrons. The Morgan fingerprint density at radius 3 is 2.83 bits per heavy atom. The van der Waals surface area contributed by atoms with Gasteiger partial charge in [0.25, 0.3) is 0 Å². The molecule has 0 unspecified atom stereocenters. The van der Waals surface area contributed by atoms with Crippen molar-refractivity contribution in [1.82, 2.24) is 9.97 Å². The fourth-order valence-electron chi connectivity index (χ4n) is 2.95. The first-order valence-electron chi connectivity index (χ1n) is 8.41. The summed E-state index contributed by atoms with van der Waals surface area (Å²) in [5.74, 6) is 0.850. The minimum atomic E-state index is -0.127. The summed E-state index contributed by atoms with van der Waals surface area (Å²) in [5.41, 5.74) is 1.19. The molecule has 0 fully saturated rings. The van der Waals surface area contributed by atoms with E-state index in [1.165, 1.54) is 10.4 Å². The quantitative estimate of drug-likeness (QED) is 0.597. The van der Waals surface area contributed by atoms with Gasteiger partial charge in [0, 0.05) is 11.3 Å². The second-order valence-electron chi connectivity index (χ2n) is 6.44. The Kier molecular flexibility index (Phi) is 5.34. The zero-order valence-corrected chi connectivity index (χ0v) is 16.3. The number of fused-ring (bicyclic) bond motifs is 3. The largest absolute Gasteiger partial charge is 0.394 e. The third kappa shape index (κ3) is 3.27. The molecule has 2 aromatic rings. The van der Waals surface area contributed by atoms with Gasteiger partial charge in [-0.3, -0.25) is 0 Å². The number of anilines is 1. The first-order valence-corrected chi connectivity index (χ1v) is 10.4. The zero-order chi connectivity index (χ0) is 17.3. The summed E-state index contributed by atoms with van der Waals surface area (Å²) in [6.45, 7) is 7.14. The highest BCUT2D eigenvalue weighted by atomic mass is 32.2. The van der Waals surface area contributed by atoms with Gasteiger partial charge in [-0.1, -0.05) is 25.6 Å². The van der Waals surface area contributed by atoms with Gasteiger partial charge >= 0.3 is 0 Å². The lowest BCUT2D eigenvalue weighted by molar-refractivity contribution is -0.0542. The van der Waals surface area contributed by atoms with Gasteiger partial charge in [-0.2, -0.15) is 0 Å². The minimum absolute atomic E-state index is 0.00533. The summed E-state index contributed by atoms with van der Waals surface area (Å²) in [7, 11) is 0. The van der Waals surface area contributed by atoms with E-state index in [2.05, 4.69) is 26.1 Å². The fraction of sp³-hybridized carbons (Fsp3) is 0.647. The molecule has 0 saturated carbocycles. The SMILES string of the molecule is CC[C@H](CO)Nc1nc(SC)nc2sc3c(c12)C[C@](C)(CC)OC3. The van der Waals surface area contributed by atoms with Crippen LogP contribution in [0.1, 0.15) is 44.1 Å². The average molecular weight is 368 g/mol. The lowest BCUT2D eigenvalue weighted by Gasteiger charge is -2.33. The van der Waals surface area contributed by atoms with E-state index in [0.717, 1.165) is 40.5 Å². The Balaban J connectivity index is 2.13. The van der Waals surface area contributed by atoms with E-state index in [0.29, 0.717) is 6.61 Å². The van der Waals surface area contributed by atoms with E-state index in [-0.39, 0.29) is 18.2 Å². The van der Waals surface area contributed by atoms with E-state index >= 15 is 0 Å². The van der Waals surface area contributed by atoms with Crippen LogP contribution in [-0.4, -0.2) is 39.6 Å². The summed E-state index contributed by atoms with van der Waals surface area (Å²) < 4.78 is 6.09. The fourth-order valence-corrected chi connectivity index (χ4v) is 4.47. The van der Waals surface area contributed by atoms with Crippen LogP contribution in [0, 0.1) is 0 Å². The number of hydrogen-bond acceptors (Lipinski definition) is 7. The van der Waals surface area contributed by atoms with Crippen molar-refractivity contribution < 1.29 is 9.84 Å². The number of rotatable bonds is 6. The van der Waals surface area contributed by atoms with Crippen LogP contribution in [0.3, 0.4) is 0 Å². The van der Waals surface area contributed by atoms with E-state index in [4.69, 9.17) is 14.7 Å². The molecule has 1 aliphatic rings. The molecule has 1 aliphatic heterocycles. The van der Waals surface area contributed by atoms with E-state index < -0.39 is 0 Å². The van der Waals surface area contributed by atoms with E-state index in [9.17, 15) is 5.11 Å². The molecule has 0 saturated heterocycles. The molecule has 5 nitrogen and oxygen atoms in total. The van der Waals surface area contributed by atoms with Gasteiger partial charge < -0.3 is 15.2 Å². The van der Waals surface area contributed by atoms with Crippen LogP contribution in [0.5, 0.6) is 0 Å². The van der Waals surface area contributed by atoms with Crippen molar-refractivity contribution in [1.29, 1.82) is 0 Å². The topological polar surface area (TPSA) is 67.3 Å². The lowest BCUT2D eigenvalue weighted by Crippen LogP contribution is -2.34. The molecule has 0 amide bonds. The molecule has 2 atom stereocenters. The molecule has 3 rings (SSSR count). The van der Waals surface area contributed by atoms with Crippen LogP contribution in [0.15, 0.2) is 5.16 Å². The van der Waals surface area contributed by atoms with Crippen molar-refractivity contribution in [3.05, 3.63) is 10.4 Å². The number of nitrogens with zero attached hydrogens (tertiary/aromatic N) is 2. The lowest BCUT2D eigenvalue weighted by atomic mass is 9.90. The molecule has 2 N–H and O–H groups in total. The van der Waals surface area contributed by atoms with Crippen LogP contribution in [0.2, 0.25) is 0 Å². The monoisotopic (exact) mass is 367 g/mol. The number of aromatic nitrogens is 2. The highest BCUT2D eigenvalue weighted by Crippen LogP contribution is 2.42. The van der Waals surface area contributed by atoms with Gasteiger partial charge in [0.15, 0.2) is 5.16 Å². The second kappa shape index (κ2) is 7.15. The third-order valence-corrected chi connectivity index (χ3v) is 6.45. The highest BCUT2D eigenvalue weighted by Gasteiger charge is 2.33. The number of hydrogen-bond donors (Lipinski definition) is 2. The van der Waals surface area contributed by atoms with Gasteiger partial charge in [0.2, 0.25) is 0 Å². The summed E-state index contributed by atoms with van der Waals surface area (Å²) in [6.07, 6.45) is 4.69. The van der Waals surface area contributed by atoms with Crippen molar-refractivity contribution in [2.24, 2.45) is 0 Å². The van der Waals surface area contributed by atoms with Crippen LogP contribution in [-0.2, 0) is 17.8 Å². The van der Waals surface area contributed by atoms with Crippen LogP contribution >= 0.6 is 23.1 Å². The maximum absolute atomic E-state index is 9.57. The molecule has 0 bridgehead atoms. The maximum Gasteiger partial charge on any atom is 0.190 e. The molecule has 7 heteroatoms. The smallest absolute Gasteiger partial charge is 0.190 e. The molecule has 3 heterocycles. The highest BCUT2D eigenvalue weighted by molar-refractivity contribution is 7.98. The number of aliphatic hydroxyl groups excluding tert-OH is 1. The Labute approximate surface area is 151 Å². The van der Waals surface area contributed by atoms with Gasteiger partial charge in [0.05, 0.1) is 30.2 Å². The molecule has 2 aromatic heterocycles. The van der Waals surface area contributed by atoms with Crippen molar-refractivity contribution >= 4 is 39.1 Å². The summed E-state index contributed by atoms with van der Waals surface area (Å²) in [5, 5.41) is 14.9. The summed E-state index contributed by atoms with van der Waals surface area (Å²) in [6, 6.07) is 0.00533. The average Bonchev–Trinajstić information content (AvgIpc) is 2.96. The van der Waals surface area contributed by atoms with E-state index in [1.807, 2.05) is 6.26 Å². The van der Waals surface area contributed by atoms with Crippen LogP contribution in [0.25, 0.3) is 10.2 Å². The van der Waals surface area contributed by atoms with Crippen LogP contribution in [0.4, 0.5) is 5.82 Å². The predicted molar refractivity (Wildman–Crippen MR) is 101 cm³/mol. The Bertz CT molecular complexity index is 730. The number of nitrogens with one attached hydrogen (secondary N) is 1. The zero-order valence-electron chi connectivity index (χ0n) is 14.7. The molecule has 132 valence electrons. The maximum atomic E-state index is 9.57. The van der Waals surface area contributed by atoms with Gasteiger partial charge in [-0.25, -0.2) is 9.97 Å². The first kappa shape index (κ1) is 17.9. The standard InChI is InChI=1S/C17H25N3O2S2/c1-5-10(8-21)18-14-13-11-7-17(3,6-2)22-9-12(11)24-15(13)20-16(19-14)23-4/h10,21H,5-9H2,1-4H3,(H,18,19,20)/t10-,17+/m1/s1. The minimum Gasteiger partial charge on any atom is -0.394 e. The van der Waals surface area contributed by atoms with Crippen molar-refractivity contribution in [2.45, 2.75) is 63.4 Å². The third-order valence-electron chi connectivity index (χ3n) is 4.80. The Morgan fingerprint density at radius 2 is 2.21 bits per heavy atom. The first-order chi connectivity index (χ1) is 11.5. The Morgan fingerprint density at radius 1 is 1.42 bits per heavy atom. The molecule has 0 aromatic carbocycles. The number of aliphatic hydroxyl groups is 1. The van der Waals surface area contributed by atoms with Gasteiger partial charge in [0.1, 0.15) is 10.6 Å². The number of thioether (sulfide) groups is 1. The number of thiophene rings is 1. The van der Waals surface area contributed by atoms with Crippen molar-refractivity contribution in [3.8, 4) is 0 Å². The summed E-state index contributed by atoms with van der Waals surface area (Å²) in [4.78, 5) is 11.7. The van der Waals surface area contributed by atoms with Crippen molar-refractivity contribution in [3.63, 3.8) is 0 Å². The molecule has 0 aliphatic carbocycles. The molecular formula is C17H25N3O2S2. The van der Waals surface area contributed by atoms with Gasteiger partial charge in [-0.15, -0.1) is 11.3 Å². The molecular weight excluding hydrogens is 342 g/mol. The van der Waals surface area contributed by atoms with E-state index in [1.54, 1.807) is 23.1 Å². The van der Waals surface area contributed by atoms with Crippen molar-refractivity contribution in [2.75, 3.05) is 18.2 Å². The Hall–Kier alpha value is -0.890. The molecule has 0 spiro atoms. The predicted octanol–water partition coefficient (Wildman–Crippen LogP) is 3.84. The normalized spacial score (nSPS) is 21.7. The van der Waals surface area contributed by atoms with Crippen LogP contribution < -0.4 is 5.32 Å². The second-order valence-corrected chi connectivity index (χ2v) is 8.30. The number of ether oxygens (including phenoxy) is 1. The van der Waals surface area contributed by atoms with Gasteiger partial charge in [-0.05, 0) is 31.6 Å². The molecule has 24 heavy (non-hydrogen) atoms.